The highest BCUT2D eigenvalue weighted by Crippen LogP contribution is 2.28. The van der Waals surface area contributed by atoms with Gasteiger partial charge in [-0.2, -0.15) is 0 Å². The Morgan fingerprint density at radius 2 is 1.35 bits per heavy atom. The van der Waals surface area contributed by atoms with Crippen molar-refractivity contribution in [3.05, 3.63) is 11.6 Å². The van der Waals surface area contributed by atoms with Crippen LogP contribution in [0.1, 0.15) is 92.4 Å². The van der Waals surface area contributed by atoms with Crippen molar-refractivity contribution >= 4 is 40.8 Å². The number of hydrogen-bond acceptors (Lipinski definition) is 2. The Morgan fingerprint density at radius 3 is 1.81 bits per heavy atom. The van der Waals surface area contributed by atoms with E-state index in [0.29, 0.717) is 0 Å². The minimum absolute atomic E-state index is 0.609. The summed E-state index contributed by atoms with van der Waals surface area (Å²) in [5, 5.41) is 0. The minimum atomic E-state index is -1.99. The molecule has 0 rings (SSSR count). The summed E-state index contributed by atoms with van der Waals surface area (Å²) in [7, 11) is 0. The maximum absolute atomic E-state index is 11.5. The first-order valence-corrected chi connectivity index (χ1v) is 11.1. The summed E-state index contributed by atoms with van der Waals surface area (Å²) >= 11 is 16.3. The molecule has 5 heteroatoms. The average molecular weight is 428 g/mol. The molecule has 26 heavy (non-hydrogen) atoms. The number of carbonyl (C=O) groups is 1. The number of esters is 1. The van der Waals surface area contributed by atoms with Crippen LogP contribution in [0.3, 0.4) is 0 Å². The van der Waals surface area contributed by atoms with Gasteiger partial charge in [-0.3, -0.25) is 0 Å². The van der Waals surface area contributed by atoms with Crippen LogP contribution in [0.4, 0.5) is 0 Å². The lowest BCUT2D eigenvalue weighted by Gasteiger charge is -2.15. The molecule has 2 nitrogen and oxygen atoms in total. The summed E-state index contributed by atoms with van der Waals surface area (Å²) in [6.45, 7) is 11.2. The second-order valence-electron chi connectivity index (χ2n) is 8.22. The summed E-state index contributed by atoms with van der Waals surface area (Å²) in [6.07, 6.45) is 12.5. The molecule has 0 spiro atoms. The first kappa shape index (κ1) is 26.1. The van der Waals surface area contributed by atoms with Crippen LogP contribution in [0.5, 0.6) is 0 Å². The average Bonchev–Trinajstić information content (AvgIpc) is 2.44. The Labute approximate surface area is 176 Å². The summed E-state index contributed by atoms with van der Waals surface area (Å²) in [5.74, 6) is 1.78. The van der Waals surface area contributed by atoms with Gasteiger partial charge in [0.15, 0.2) is 0 Å². The van der Waals surface area contributed by atoms with Crippen LogP contribution < -0.4 is 0 Å². The lowest BCUT2D eigenvalue weighted by atomic mass is 9.91. The highest BCUT2D eigenvalue weighted by Gasteiger charge is 2.24. The quantitative estimate of drug-likeness (QED) is 0.168. The van der Waals surface area contributed by atoms with Crippen LogP contribution in [-0.2, 0) is 9.53 Å². The van der Waals surface area contributed by atoms with E-state index in [1.54, 1.807) is 0 Å². The largest absolute Gasteiger partial charge is 0.411 e. The normalized spacial score (nSPS) is 15.2. The zero-order chi connectivity index (χ0) is 20.2. The fourth-order valence-corrected chi connectivity index (χ4v) is 3.35. The van der Waals surface area contributed by atoms with E-state index in [9.17, 15) is 4.79 Å². The molecule has 0 amide bonds. The number of carbonyl (C=O) groups excluding carboxylic acids is 1. The van der Waals surface area contributed by atoms with E-state index >= 15 is 0 Å². The summed E-state index contributed by atoms with van der Waals surface area (Å²) in [6, 6.07) is 0. The molecule has 0 heterocycles. The Kier molecular flexibility index (Phi) is 14.2. The van der Waals surface area contributed by atoms with Gasteiger partial charge < -0.3 is 4.74 Å². The van der Waals surface area contributed by atoms with E-state index in [1.807, 2.05) is 6.92 Å². The standard InChI is InChI=1S/C21H37Cl3O2/c1-16(2)9-6-10-17(3)11-7-12-18(4)13-8-14-19(5)15-20(25)26-21(22,23)24/h15-18H,6-14H2,1-5H3/b19-15+/t17-,18-/m1/s1. The van der Waals surface area contributed by atoms with Gasteiger partial charge in [-0.1, -0.05) is 78.2 Å². The van der Waals surface area contributed by atoms with Gasteiger partial charge in [0, 0.05) is 6.08 Å². The van der Waals surface area contributed by atoms with Crippen molar-refractivity contribution in [3.63, 3.8) is 0 Å². The van der Waals surface area contributed by atoms with Crippen molar-refractivity contribution in [2.75, 3.05) is 0 Å². The minimum Gasteiger partial charge on any atom is -0.411 e. The predicted molar refractivity (Wildman–Crippen MR) is 115 cm³/mol. The number of ether oxygens (including phenoxy) is 1. The van der Waals surface area contributed by atoms with E-state index < -0.39 is 9.95 Å². The highest BCUT2D eigenvalue weighted by molar-refractivity contribution is 6.66. The molecule has 154 valence electrons. The van der Waals surface area contributed by atoms with Crippen LogP contribution in [0, 0.1) is 17.8 Å². The summed E-state index contributed by atoms with van der Waals surface area (Å²) < 4.78 is 2.64. The Hall–Kier alpha value is 0.0800. The topological polar surface area (TPSA) is 26.3 Å². The first-order chi connectivity index (χ1) is 12.0. The molecule has 0 aromatic carbocycles. The van der Waals surface area contributed by atoms with Crippen molar-refractivity contribution in [1.82, 2.24) is 0 Å². The molecule has 2 atom stereocenters. The van der Waals surface area contributed by atoms with Gasteiger partial charge in [-0.25, -0.2) is 4.79 Å². The molecule has 0 bridgehead atoms. The number of halogens is 3. The van der Waals surface area contributed by atoms with Gasteiger partial charge in [0.1, 0.15) is 0 Å². The fraction of sp³-hybridized carbons (Fsp3) is 0.857. The Bertz CT molecular complexity index is 414. The Balaban J connectivity index is 3.82. The van der Waals surface area contributed by atoms with E-state index in [4.69, 9.17) is 34.8 Å². The molecule has 0 N–H and O–H groups in total. The molecular formula is C21H37Cl3O2. The second-order valence-corrected chi connectivity index (χ2v) is 10.4. The monoisotopic (exact) mass is 426 g/mol. The molecule has 0 radical (unpaired) electrons. The van der Waals surface area contributed by atoms with Gasteiger partial charge in [0.25, 0.3) is 0 Å². The number of alkyl halides is 3. The van der Waals surface area contributed by atoms with Gasteiger partial charge in [-0.15, -0.1) is 0 Å². The summed E-state index contributed by atoms with van der Waals surface area (Å²) in [5.41, 5.74) is 0.954. The van der Waals surface area contributed by atoms with Crippen molar-refractivity contribution < 1.29 is 9.53 Å². The molecule has 0 saturated heterocycles. The third-order valence-electron chi connectivity index (χ3n) is 4.72. The van der Waals surface area contributed by atoms with Crippen LogP contribution in [-0.4, -0.2) is 9.95 Å². The fourth-order valence-electron chi connectivity index (χ4n) is 3.12. The van der Waals surface area contributed by atoms with Crippen LogP contribution in [0.25, 0.3) is 0 Å². The molecule has 0 aliphatic rings. The molecule has 0 aliphatic heterocycles. The van der Waals surface area contributed by atoms with Crippen molar-refractivity contribution in [1.29, 1.82) is 0 Å². The van der Waals surface area contributed by atoms with E-state index in [-0.39, 0.29) is 0 Å². The van der Waals surface area contributed by atoms with E-state index in [1.165, 1.54) is 51.0 Å². The highest BCUT2D eigenvalue weighted by atomic mass is 35.6. The first-order valence-electron chi connectivity index (χ1n) is 9.96. The molecule has 0 aromatic rings. The van der Waals surface area contributed by atoms with E-state index in [2.05, 4.69) is 32.4 Å². The number of allylic oxidation sites excluding steroid dienone is 1. The van der Waals surface area contributed by atoms with Crippen LogP contribution in [0.2, 0.25) is 0 Å². The van der Waals surface area contributed by atoms with Crippen LogP contribution >= 0.6 is 34.8 Å². The third-order valence-corrected chi connectivity index (χ3v) is 4.95. The van der Waals surface area contributed by atoms with Crippen molar-refractivity contribution in [2.45, 2.75) is 96.4 Å². The van der Waals surface area contributed by atoms with Gasteiger partial charge in [0.05, 0.1) is 0 Å². The lowest BCUT2D eigenvalue weighted by Crippen LogP contribution is -2.14. The molecule has 0 aliphatic carbocycles. The van der Waals surface area contributed by atoms with Crippen molar-refractivity contribution in [3.8, 4) is 0 Å². The maximum atomic E-state index is 11.5. The lowest BCUT2D eigenvalue weighted by molar-refractivity contribution is -0.138. The van der Waals surface area contributed by atoms with Crippen molar-refractivity contribution in [2.24, 2.45) is 17.8 Å². The smallest absolute Gasteiger partial charge is 0.341 e. The third kappa shape index (κ3) is 17.5. The maximum Gasteiger partial charge on any atom is 0.341 e. The van der Waals surface area contributed by atoms with Gasteiger partial charge in [0.2, 0.25) is 0 Å². The zero-order valence-electron chi connectivity index (χ0n) is 17.1. The van der Waals surface area contributed by atoms with Gasteiger partial charge >= 0.3 is 9.95 Å². The number of hydrogen-bond donors (Lipinski definition) is 0. The molecule has 0 saturated carbocycles. The summed E-state index contributed by atoms with van der Waals surface area (Å²) in [4.78, 5) is 11.5. The second kappa shape index (κ2) is 14.1. The van der Waals surface area contributed by atoms with Gasteiger partial charge in [-0.05, 0) is 72.3 Å². The van der Waals surface area contributed by atoms with Crippen LogP contribution in [0.15, 0.2) is 11.6 Å². The molecule has 0 unspecified atom stereocenters. The predicted octanol–water partition coefficient (Wildman–Crippen LogP) is 8.24. The van der Waals surface area contributed by atoms with E-state index in [0.717, 1.165) is 36.2 Å². The Morgan fingerprint density at radius 1 is 0.885 bits per heavy atom. The zero-order valence-corrected chi connectivity index (χ0v) is 19.4. The number of rotatable bonds is 13. The molecular weight excluding hydrogens is 391 g/mol. The molecule has 0 fully saturated rings. The SMILES string of the molecule is C/C(=C\C(=O)OC(Cl)(Cl)Cl)CCC[C@H](C)CCC[C@H](C)CCCC(C)C. The molecule has 0 aromatic heterocycles.